The Bertz CT molecular complexity index is 1450. The monoisotopic (exact) mass is 434 g/mol. The van der Waals surface area contributed by atoms with Crippen LogP contribution in [0.3, 0.4) is 0 Å². The van der Waals surface area contributed by atoms with Crippen molar-refractivity contribution in [3.8, 4) is 22.4 Å². The zero-order valence-corrected chi connectivity index (χ0v) is 20.0. The predicted molar refractivity (Wildman–Crippen MR) is 137 cm³/mol. The van der Waals surface area contributed by atoms with Gasteiger partial charge in [0.25, 0.3) is 0 Å². The molecular weight excluding hydrogens is 404 g/mol. The van der Waals surface area contributed by atoms with Crippen LogP contribution in [0.1, 0.15) is 45.7 Å². The number of aromatic nitrogens is 2. The van der Waals surface area contributed by atoms with E-state index in [1.54, 1.807) is 0 Å². The maximum absolute atomic E-state index is 6.04. The zero-order valence-electron chi connectivity index (χ0n) is 20.0. The van der Waals surface area contributed by atoms with E-state index in [4.69, 9.17) is 9.40 Å². The summed E-state index contributed by atoms with van der Waals surface area (Å²) in [5.41, 5.74) is 7.71. The minimum atomic E-state index is 0.0342. The number of rotatable bonds is 4. The van der Waals surface area contributed by atoms with Crippen LogP contribution in [0.5, 0.6) is 0 Å². The van der Waals surface area contributed by atoms with Crippen molar-refractivity contribution < 1.29 is 4.42 Å². The van der Waals surface area contributed by atoms with Gasteiger partial charge in [0, 0.05) is 40.7 Å². The van der Waals surface area contributed by atoms with Gasteiger partial charge in [0.05, 0.1) is 12.0 Å². The van der Waals surface area contributed by atoms with Gasteiger partial charge < -0.3 is 4.42 Å². The molecule has 0 bridgehead atoms. The zero-order chi connectivity index (χ0) is 23.2. The van der Waals surface area contributed by atoms with Crippen LogP contribution in [0, 0.1) is 5.92 Å². The second-order valence-electron chi connectivity index (χ2n) is 10.3. The molecule has 0 amide bonds. The van der Waals surface area contributed by atoms with E-state index < -0.39 is 0 Å². The molecule has 2 aromatic carbocycles. The average molecular weight is 435 g/mol. The molecule has 3 aromatic heterocycles. The Kier molecular flexibility index (Phi) is 5.28. The van der Waals surface area contributed by atoms with Crippen molar-refractivity contribution in [1.29, 1.82) is 0 Å². The first-order chi connectivity index (χ1) is 15.8. The first-order valence-corrected chi connectivity index (χ1v) is 11.7. The lowest BCUT2D eigenvalue weighted by atomic mass is 9.82. The molecule has 0 saturated heterocycles. The second kappa shape index (κ2) is 8.15. The van der Waals surface area contributed by atoms with Gasteiger partial charge in [-0.3, -0.25) is 9.97 Å². The minimum absolute atomic E-state index is 0.0342. The highest BCUT2D eigenvalue weighted by Crippen LogP contribution is 2.37. The van der Waals surface area contributed by atoms with Crippen molar-refractivity contribution in [2.75, 3.05) is 0 Å². The van der Waals surface area contributed by atoms with Gasteiger partial charge in [0.1, 0.15) is 5.58 Å². The fourth-order valence-corrected chi connectivity index (χ4v) is 4.65. The molecule has 0 spiro atoms. The number of furan rings is 1. The molecule has 0 atom stereocenters. The summed E-state index contributed by atoms with van der Waals surface area (Å²) in [6.45, 7) is 11.2. The van der Waals surface area contributed by atoms with Crippen molar-refractivity contribution >= 4 is 21.7 Å². The van der Waals surface area contributed by atoms with E-state index in [1.807, 2.05) is 24.9 Å². The number of benzene rings is 2. The van der Waals surface area contributed by atoms with E-state index in [0.29, 0.717) is 5.92 Å². The van der Waals surface area contributed by atoms with Crippen molar-refractivity contribution in [1.82, 2.24) is 9.97 Å². The molecule has 0 fully saturated rings. The van der Waals surface area contributed by atoms with Crippen LogP contribution >= 0.6 is 0 Å². The number of pyridine rings is 2. The highest BCUT2D eigenvalue weighted by molar-refractivity contribution is 5.96. The third-order valence-corrected chi connectivity index (χ3v) is 6.22. The molecule has 0 aliphatic rings. The summed E-state index contributed by atoms with van der Waals surface area (Å²) in [6, 6.07) is 17.4. The van der Waals surface area contributed by atoms with Gasteiger partial charge in [-0.05, 0) is 63.9 Å². The average Bonchev–Trinajstić information content (AvgIpc) is 3.23. The third kappa shape index (κ3) is 4.04. The fourth-order valence-electron chi connectivity index (χ4n) is 4.65. The van der Waals surface area contributed by atoms with Crippen molar-refractivity contribution in [3.63, 3.8) is 0 Å². The number of fused-ring (bicyclic) bond motifs is 2. The highest BCUT2D eigenvalue weighted by atomic mass is 16.3. The fraction of sp³-hybridized carbons (Fsp3) is 0.267. The Morgan fingerprint density at radius 3 is 2.52 bits per heavy atom. The van der Waals surface area contributed by atoms with Gasteiger partial charge in [-0.15, -0.1) is 0 Å². The summed E-state index contributed by atoms with van der Waals surface area (Å²) in [5, 5.41) is 3.59. The van der Waals surface area contributed by atoms with Gasteiger partial charge in [-0.2, -0.15) is 0 Å². The molecule has 5 rings (SSSR count). The summed E-state index contributed by atoms with van der Waals surface area (Å²) in [7, 11) is 0. The molecule has 33 heavy (non-hydrogen) atoms. The first-order valence-electron chi connectivity index (χ1n) is 11.7. The van der Waals surface area contributed by atoms with E-state index in [-0.39, 0.29) is 5.41 Å². The van der Waals surface area contributed by atoms with Gasteiger partial charge in [0.2, 0.25) is 0 Å². The molecule has 0 aliphatic heterocycles. The lowest BCUT2D eigenvalue weighted by Gasteiger charge is -2.22. The summed E-state index contributed by atoms with van der Waals surface area (Å²) >= 11 is 0. The number of hydrogen-bond acceptors (Lipinski definition) is 3. The second-order valence-corrected chi connectivity index (χ2v) is 10.3. The van der Waals surface area contributed by atoms with E-state index in [0.717, 1.165) is 45.3 Å². The topological polar surface area (TPSA) is 38.9 Å². The van der Waals surface area contributed by atoms with Gasteiger partial charge in [-0.1, -0.05) is 58.9 Å². The van der Waals surface area contributed by atoms with Crippen LogP contribution in [-0.2, 0) is 11.8 Å². The van der Waals surface area contributed by atoms with E-state index in [2.05, 4.69) is 88.1 Å². The van der Waals surface area contributed by atoms with E-state index >= 15 is 0 Å². The van der Waals surface area contributed by atoms with Gasteiger partial charge >= 0.3 is 0 Å². The van der Waals surface area contributed by atoms with Crippen LogP contribution in [0.25, 0.3) is 44.1 Å². The molecule has 3 heterocycles. The molecular formula is C30H30N2O. The van der Waals surface area contributed by atoms with Crippen LogP contribution < -0.4 is 0 Å². The van der Waals surface area contributed by atoms with E-state index in [9.17, 15) is 0 Å². The van der Waals surface area contributed by atoms with Crippen molar-refractivity contribution in [2.24, 2.45) is 5.92 Å². The maximum Gasteiger partial charge on any atom is 0.140 e. The van der Waals surface area contributed by atoms with Crippen molar-refractivity contribution in [2.45, 2.75) is 46.5 Å². The van der Waals surface area contributed by atoms with Crippen LogP contribution in [0.4, 0.5) is 0 Å². The number of nitrogens with zero attached hydrogens (tertiary/aromatic N) is 2. The predicted octanol–water partition coefficient (Wildman–Crippen LogP) is 8.21. The molecule has 0 N–H and O–H groups in total. The SMILES string of the molecule is CC(C)Cc1cncc2c(-c3ccnc(-c4cc(C(C)(C)C)c5ccccc5c4)c3)coc12. The Hall–Kier alpha value is -3.46. The smallest absolute Gasteiger partial charge is 0.140 e. The molecule has 3 heteroatoms. The minimum Gasteiger partial charge on any atom is -0.463 e. The molecule has 5 aromatic rings. The summed E-state index contributed by atoms with van der Waals surface area (Å²) < 4.78 is 6.04. The lowest BCUT2D eigenvalue weighted by molar-refractivity contribution is 0.595. The van der Waals surface area contributed by atoms with Gasteiger partial charge in [-0.25, -0.2) is 0 Å². The molecule has 166 valence electrons. The molecule has 0 unspecified atom stereocenters. The van der Waals surface area contributed by atoms with Crippen molar-refractivity contribution in [3.05, 3.63) is 84.5 Å². The maximum atomic E-state index is 6.04. The Balaban J connectivity index is 1.64. The van der Waals surface area contributed by atoms with Crippen LogP contribution in [0.15, 0.2) is 77.8 Å². The van der Waals surface area contributed by atoms with Crippen LogP contribution in [0.2, 0.25) is 0 Å². The summed E-state index contributed by atoms with van der Waals surface area (Å²) in [6.07, 6.45) is 8.53. The van der Waals surface area contributed by atoms with E-state index in [1.165, 1.54) is 16.3 Å². The third-order valence-electron chi connectivity index (χ3n) is 6.22. The summed E-state index contributed by atoms with van der Waals surface area (Å²) in [5.74, 6) is 0.545. The number of hydrogen-bond donors (Lipinski definition) is 0. The summed E-state index contributed by atoms with van der Waals surface area (Å²) in [4.78, 5) is 9.24. The molecule has 0 radical (unpaired) electrons. The highest BCUT2D eigenvalue weighted by Gasteiger charge is 2.19. The van der Waals surface area contributed by atoms with Gasteiger partial charge in [0.15, 0.2) is 0 Å². The molecule has 3 nitrogen and oxygen atoms in total. The first kappa shape index (κ1) is 21.4. The molecule has 0 aliphatic carbocycles. The molecule has 0 saturated carbocycles. The normalized spacial score (nSPS) is 12.2. The Labute approximate surface area is 195 Å². The largest absolute Gasteiger partial charge is 0.463 e. The van der Waals surface area contributed by atoms with Crippen LogP contribution in [-0.4, -0.2) is 9.97 Å². The Morgan fingerprint density at radius 2 is 1.73 bits per heavy atom. The lowest BCUT2D eigenvalue weighted by Crippen LogP contribution is -2.12. The standard InChI is InChI=1S/C30H30N2O/c1-19(2)12-23-16-31-17-25-26(18-33-29(23)25)21-10-11-32-28(15-21)22-13-20-8-6-7-9-24(20)27(14-22)30(3,4)5/h6-11,13-19H,12H2,1-5H3. The quantitative estimate of drug-likeness (QED) is 0.286. The Morgan fingerprint density at radius 1 is 0.909 bits per heavy atom.